The van der Waals surface area contributed by atoms with Crippen molar-refractivity contribution >= 4 is 29.2 Å². The van der Waals surface area contributed by atoms with Gasteiger partial charge >= 0.3 is 12.1 Å². The van der Waals surface area contributed by atoms with E-state index in [0.29, 0.717) is 17.2 Å². The zero-order valence-electron chi connectivity index (χ0n) is 15.5. The quantitative estimate of drug-likeness (QED) is 0.473. The summed E-state index contributed by atoms with van der Waals surface area (Å²) >= 11 is 5.86. The minimum atomic E-state index is -4.61. The Kier molecular flexibility index (Phi) is 7.90. The molecular weight excluding hydrogens is 411 g/mol. The molecule has 0 atom stereocenters. The lowest BCUT2D eigenvalue weighted by molar-refractivity contribution is -0.147. The first-order chi connectivity index (χ1) is 13.7. The second-order valence-electron chi connectivity index (χ2n) is 6.11. The number of alkyl halides is 3. The maximum absolute atomic E-state index is 12.9. The van der Waals surface area contributed by atoms with Gasteiger partial charge in [0, 0.05) is 11.4 Å². The van der Waals surface area contributed by atoms with Crippen molar-refractivity contribution in [1.29, 1.82) is 0 Å². The predicted octanol–water partition coefficient (Wildman–Crippen LogP) is 5.01. The normalized spacial score (nSPS) is 11.1. The van der Waals surface area contributed by atoms with Crippen LogP contribution in [0.1, 0.15) is 24.0 Å². The predicted molar refractivity (Wildman–Crippen MR) is 102 cm³/mol. The van der Waals surface area contributed by atoms with E-state index in [0.717, 1.165) is 17.7 Å². The van der Waals surface area contributed by atoms with E-state index in [4.69, 9.17) is 21.1 Å². The molecule has 5 nitrogen and oxygen atoms in total. The summed E-state index contributed by atoms with van der Waals surface area (Å²) in [6.07, 6.45) is -4.26. The summed E-state index contributed by atoms with van der Waals surface area (Å²) in [5, 5.41) is 2.69. The number of benzene rings is 2. The Hall–Kier alpha value is -2.74. The number of halogens is 4. The summed E-state index contributed by atoms with van der Waals surface area (Å²) in [6.45, 7) is 1.41. The van der Waals surface area contributed by atoms with Gasteiger partial charge in [-0.3, -0.25) is 9.59 Å². The van der Waals surface area contributed by atoms with Crippen LogP contribution in [0.5, 0.6) is 5.75 Å². The number of amides is 1. The third-order valence-electron chi connectivity index (χ3n) is 3.79. The molecule has 29 heavy (non-hydrogen) atoms. The van der Waals surface area contributed by atoms with Crippen molar-refractivity contribution in [2.75, 3.05) is 18.5 Å². The molecule has 0 saturated carbocycles. The van der Waals surface area contributed by atoms with Gasteiger partial charge in [-0.2, -0.15) is 13.2 Å². The van der Waals surface area contributed by atoms with Gasteiger partial charge < -0.3 is 14.8 Å². The molecule has 0 spiro atoms. The Morgan fingerprint density at radius 2 is 1.86 bits per heavy atom. The fourth-order valence-corrected chi connectivity index (χ4v) is 2.64. The Labute approximate surface area is 170 Å². The lowest BCUT2D eigenvalue weighted by Crippen LogP contribution is -2.22. The average molecular weight is 430 g/mol. The van der Waals surface area contributed by atoms with Gasteiger partial charge in [0.05, 0.1) is 17.9 Å². The molecular formula is C20H19ClF3NO4. The van der Waals surface area contributed by atoms with Crippen LogP contribution in [0.15, 0.2) is 42.5 Å². The van der Waals surface area contributed by atoms with Crippen molar-refractivity contribution in [1.82, 2.24) is 0 Å². The maximum atomic E-state index is 12.9. The van der Waals surface area contributed by atoms with E-state index in [1.54, 1.807) is 18.2 Å². The largest absolute Gasteiger partial charge is 0.493 e. The number of para-hydroxylation sites is 1. The van der Waals surface area contributed by atoms with E-state index in [2.05, 4.69) is 5.32 Å². The average Bonchev–Trinajstić information content (AvgIpc) is 2.64. The number of rotatable bonds is 8. The lowest BCUT2D eigenvalue weighted by Gasteiger charge is -2.13. The molecule has 1 N–H and O–H groups in total. The molecule has 1 amide bonds. The molecule has 0 unspecified atom stereocenters. The van der Waals surface area contributed by atoms with Crippen LogP contribution in [0.4, 0.5) is 18.9 Å². The molecule has 9 heteroatoms. The highest BCUT2D eigenvalue weighted by Crippen LogP contribution is 2.34. The van der Waals surface area contributed by atoms with Crippen molar-refractivity contribution in [3.05, 3.63) is 58.6 Å². The van der Waals surface area contributed by atoms with Crippen LogP contribution in [-0.2, 0) is 20.5 Å². The smallest absolute Gasteiger partial charge is 0.418 e. The van der Waals surface area contributed by atoms with Crippen LogP contribution in [-0.4, -0.2) is 25.1 Å². The summed E-state index contributed by atoms with van der Waals surface area (Å²) < 4.78 is 49.0. The van der Waals surface area contributed by atoms with E-state index in [1.165, 1.54) is 12.1 Å². The highest BCUT2D eigenvalue weighted by molar-refractivity contribution is 6.30. The first-order valence-electron chi connectivity index (χ1n) is 8.67. The van der Waals surface area contributed by atoms with Gasteiger partial charge in [0.2, 0.25) is 0 Å². The summed E-state index contributed by atoms with van der Waals surface area (Å²) in [5.41, 5.74) is -0.516. The van der Waals surface area contributed by atoms with Gasteiger partial charge in [-0.1, -0.05) is 23.7 Å². The fourth-order valence-electron chi connectivity index (χ4n) is 2.42. The van der Waals surface area contributed by atoms with Gasteiger partial charge in [-0.25, -0.2) is 0 Å². The molecule has 0 aliphatic carbocycles. The van der Waals surface area contributed by atoms with E-state index in [-0.39, 0.29) is 13.0 Å². The molecule has 0 saturated heterocycles. The zero-order chi connectivity index (χ0) is 21.4. The van der Waals surface area contributed by atoms with Crippen molar-refractivity contribution in [3.8, 4) is 5.75 Å². The van der Waals surface area contributed by atoms with Crippen LogP contribution in [0.2, 0.25) is 5.02 Å². The lowest BCUT2D eigenvalue weighted by atomic mass is 10.1. The summed E-state index contributed by atoms with van der Waals surface area (Å²) in [7, 11) is 0. The van der Waals surface area contributed by atoms with Gasteiger partial charge in [0.1, 0.15) is 5.75 Å². The fraction of sp³-hybridized carbons (Fsp3) is 0.300. The molecule has 0 aliphatic rings. The molecule has 0 fully saturated rings. The number of nitrogens with one attached hydrogen (secondary N) is 1. The van der Waals surface area contributed by atoms with Crippen molar-refractivity contribution in [3.63, 3.8) is 0 Å². The topological polar surface area (TPSA) is 64.6 Å². The maximum Gasteiger partial charge on any atom is 0.418 e. The number of anilines is 1. The molecule has 0 radical (unpaired) electrons. The van der Waals surface area contributed by atoms with E-state index >= 15 is 0 Å². The number of carbonyl (C=O) groups is 2. The molecule has 2 aromatic carbocycles. The van der Waals surface area contributed by atoms with Crippen LogP contribution < -0.4 is 10.1 Å². The molecule has 156 valence electrons. The van der Waals surface area contributed by atoms with E-state index < -0.39 is 35.9 Å². The summed E-state index contributed by atoms with van der Waals surface area (Å²) in [5.74, 6) is -0.866. The number of ether oxygens (including phenoxy) is 2. The highest BCUT2D eigenvalue weighted by atomic mass is 35.5. The number of aryl methyl sites for hydroxylation is 1. The van der Waals surface area contributed by atoms with Crippen LogP contribution in [0.25, 0.3) is 0 Å². The second-order valence-corrected chi connectivity index (χ2v) is 6.55. The molecule has 0 bridgehead atoms. The minimum absolute atomic E-state index is 0.000937. The van der Waals surface area contributed by atoms with Crippen LogP contribution in [0.3, 0.4) is 0 Å². The van der Waals surface area contributed by atoms with Crippen molar-refractivity contribution in [2.45, 2.75) is 25.9 Å². The zero-order valence-corrected chi connectivity index (χ0v) is 16.3. The SMILES string of the molecule is Cc1cc(Cl)ccc1OCCCC(=O)OCC(=O)Nc1ccccc1C(F)(F)F. The Balaban J connectivity index is 1.72. The van der Waals surface area contributed by atoms with Gasteiger partial charge in [0.15, 0.2) is 6.61 Å². The first kappa shape index (κ1) is 22.5. The third-order valence-corrected chi connectivity index (χ3v) is 4.03. The highest BCUT2D eigenvalue weighted by Gasteiger charge is 2.33. The minimum Gasteiger partial charge on any atom is -0.493 e. The number of carbonyl (C=O) groups excluding carboxylic acids is 2. The summed E-state index contributed by atoms with van der Waals surface area (Å²) in [4.78, 5) is 23.5. The first-order valence-corrected chi connectivity index (χ1v) is 9.05. The molecule has 2 rings (SSSR count). The monoisotopic (exact) mass is 429 g/mol. The van der Waals surface area contributed by atoms with Crippen molar-refractivity contribution in [2.24, 2.45) is 0 Å². The van der Waals surface area contributed by atoms with Gasteiger partial charge in [0.25, 0.3) is 5.91 Å². The molecule has 0 aromatic heterocycles. The Morgan fingerprint density at radius 1 is 1.14 bits per heavy atom. The molecule has 2 aromatic rings. The third kappa shape index (κ3) is 7.30. The Bertz CT molecular complexity index is 871. The van der Waals surface area contributed by atoms with Crippen LogP contribution >= 0.6 is 11.6 Å². The van der Waals surface area contributed by atoms with Crippen molar-refractivity contribution < 1.29 is 32.2 Å². The number of hydrogen-bond donors (Lipinski definition) is 1. The standard InChI is InChI=1S/C20H19ClF3NO4/c1-13-11-14(21)8-9-17(13)28-10-4-7-19(27)29-12-18(26)25-16-6-3-2-5-15(16)20(22,23)24/h2-3,5-6,8-9,11H,4,7,10,12H2,1H3,(H,25,26). The van der Waals surface area contributed by atoms with Gasteiger partial charge in [-0.15, -0.1) is 0 Å². The summed E-state index contributed by atoms with van der Waals surface area (Å²) in [6, 6.07) is 9.71. The van der Waals surface area contributed by atoms with Gasteiger partial charge in [-0.05, 0) is 49.2 Å². The molecule has 0 aliphatic heterocycles. The van der Waals surface area contributed by atoms with E-state index in [1.807, 2.05) is 6.92 Å². The number of esters is 1. The van der Waals surface area contributed by atoms with E-state index in [9.17, 15) is 22.8 Å². The molecule has 0 heterocycles. The Morgan fingerprint density at radius 3 is 2.55 bits per heavy atom. The number of hydrogen-bond acceptors (Lipinski definition) is 4. The van der Waals surface area contributed by atoms with Crippen LogP contribution in [0, 0.1) is 6.92 Å². The second kappa shape index (κ2) is 10.2.